The number of carbonyl (C=O) groups is 1. The maximum atomic E-state index is 12.3. The second-order valence-electron chi connectivity index (χ2n) is 6.38. The number of ether oxygens (including phenoxy) is 1. The van der Waals surface area contributed by atoms with Crippen molar-refractivity contribution in [3.05, 3.63) is 50.3 Å². The largest absolute Gasteiger partial charge is 0.496 e. The van der Waals surface area contributed by atoms with Crippen LogP contribution in [-0.2, 0) is 17.6 Å². The molecule has 1 aromatic carbocycles. The lowest BCUT2D eigenvalue weighted by atomic mass is 9.89. The summed E-state index contributed by atoms with van der Waals surface area (Å²) in [5, 5.41) is 13.0. The van der Waals surface area contributed by atoms with Gasteiger partial charge in [0.2, 0.25) is 5.91 Å². The lowest BCUT2D eigenvalue weighted by Gasteiger charge is -2.17. The SMILES string of the molecule is COc1ccc(/C=C/C(=O)Nc2sc3c(c2C#N)CC[C@@H](C)C3)cc1Br. The number of methoxy groups -OCH3 is 1. The molecule has 0 saturated heterocycles. The van der Waals surface area contributed by atoms with Crippen LogP contribution in [0.1, 0.15) is 34.9 Å². The highest BCUT2D eigenvalue weighted by Gasteiger charge is 2.24. The number of rotatable bonds is 4. The molecule has 0 spiro atoms. The predicted molar refractivity (Wildman–Crippen MR) is 109 cm³/mol. The Hall–Kier alpha value is -2.10. The number of carbonyl (C=O) groups excluding carboxylic acids is 1. The molecule has 0 bridgehead atoms. The summed E-state index contributed by atoms with van der Waals surface area (Å²) in [4.78, 5) is 13.5. The zero-order valence-corrected chi connectivity index (χ0v) is 17.0. The molecule has 0 unspecified atom stereocenters. The summed E-state index contributed by atoms with van der Waals surface area (Å²) in [6.07, 6.45) is 6.22. The third kappa shape index (κ3) is 4.00. The van der Waals surface area contributed by atoms with Crippen molar-refractivity contribution in [2.75, 3.05) is 12.4 Å². The first kappa shape index (κ1) is 18.7. The first-order chi connectivity index (χ1) is 12.5. The molecule has 0 aliphatic heterocycles. The summed E-state index contributed by atoms with van der Waals surface area (Å²) in [6, 6.07) is 7.86. The Kier molecular flexibility index (Phi) is 5.80. The summed E-state index contributed by atoms with van der Waals surface area (Å²) in [5.74, 6) is 1.13. The fourth-order valence-corrected chi connectivity index (χ4v) is 4.99. The number of amides is 1. The Bertz CT molecular complexity index is 911. The van der Waals surface area contributed by atoms with Crippen LogP contribution in [0.5, 0.6) is 5.75 Å². The smallest absolute Gasteiger partial charge is 0.249 e. The quantitative estimate of drug-likeness (QED) is 0.680. The normalized spacial score (nSPS) is 16.2. The molecule has 2 aromatic rings. The van der Waals surface area contributed by atoms with E-state index in [0.717, 1.165) is 40.6 Å². The van der Waals surface area contributed by atoms with Gasteiger partial charge in [0.05, 0.1) is 17.1 Å². The Morgan fingerprint density at radius 2 is 2.31 bits per heavy atom. The van der Waals surface area contributed by atoms with Crippen LogP contribution in [0.25, 0.3) is 6.08 Å². The second kappa shape index (κ2) is 8.07. The number of benzene rings is 1. The zero-order chi connectivity index (χ0) is 18.7. The van der Waals surface area contributed by atoms with E-state index in [1.807, 2.05) is 18.2 Å². The topological polar surface area (TPSA) is 62.1 Å². The van der Waals surface area contributed by atoms with Gasteiger partial charge in [-0.2, -0.15) is 5.26 Å². The maximum Gasteiger partial charge on any atom is 0.249 e. The van der Waals surface area contributed by atoms with Crippen molar-refractivity contribution >= 4 is 44.3 Å². The van der Waals surface area contributed by atoms with E-state index in [9.17, 15) is 10.1 Å². The number of nitriles is 1. The van der Waals surface area contributed by atoms with Gasteiger partial charge in [0.15, 0.2) is 0 Å². The third-order valence-corrected chi connectivity index (χ3v) is 6.25. The molecule has 1 aliphatic rings. The standard InChI is InChI=1S/C20H19BrN2O2S/c1-12-3-6-14-15(11-22)20(26-18(14)9-12)23-19(24)8-5-13-4-7-17(25-2)16(21)10-13/h4-5,7-8,10,12H,3,6,9H2,1-2H3,(H,23,24)/b8-5+/t12-/m1/s1. The molecule has 1 aromatic heterocycles. The van der Waals surface area contributed by atoms with E-state index in [-0.39, 0.29) is 5.91 Å². The molecule has 3 rings (SSSR count). The van der Waals surface area contributed by atoms with E-state index in [4.69, 9.17) is 4.74 Å². The molecule has 1 heterocycles. The lowest BCUT2D eigenvalue weighted by Crippen LogP contribution is -2.10. The van der Waals surface area contributed by atoms with Crippen LogP contribution in [0.4, 0.5) is 5.00 Å². The van der Waals surface area contributed by atoms with Crippen LogP contribution >= 0.6 is 27.3 Å². The summed E-state index contributed by atoms with van der Waals surface area (Å²) in [6.45, 7) is 2.22. The summed E-state index contributed by atoms with van der Waals surface area (Å²) >= 11 is 4.97. The van der Waals surface area contributed by atoms with Crippen LogP contribution < -0.4 is 10.1 Å². The van der Waals surface area contributed by atoms with E-state index in [0.29, 0.717) is 16.5 Å². The Morgan fingerprint density at radius 1 is 1.50 bits per heavy atom. The molecule has 1 N–H and O–H groups in total. The molecule has 26 heavy (non-hydrogen) atoms. The number of anilines is 1. The number of fused-ring (bicyclic) bond motifs is 1. The van der Waals surface area contributed by atoms with Gasteiger partial charge in [-0.3, -0.25) is 4.79 Å². The number of nitrogens with one attached hydrogen (secondary N) is 1. The van der Waals surface area contributed by atoms with Gasteiger partial charge >= 0.3 is 0 Å². The van der Waals surface area contributed by atoms with E-state index in [2.05, 4.69) is 34.2 Å². The highest BCUT2D eigenvalue weighted by atomic mass is 79.9. The third-order valence-electron chi connectivity index (χ3n) is 4.46. The van der Waals surface area contributed by atoms with Gasteiger partial charge in [-0.15, -0.1) is 11.3 Å². The summed E-state index contributed by atoms with van der Waals surface area (Å²) in [5.41, 5.74) is 2.63. The van der Waals surface area contributed by atoms with Gasteiger partial charge in [0.25, 0.3) is 0 Å². The first-order valence-corrected chi connectivity index (χ1v) is 10.00. The van der Waals surface area contributed by atoms with Gasteiger partial charge in [-0.1, -0.05) is 13.0 Å². The average Bonchev–Trinajstić information content (AvgIpc) is 2.95. The van der Waals surface area contributed by atoms with Crippen molar-refractivity contribution in [1.29, 1.82) is 5.26 Å². The minimum absolute atomic E-state index is 0.236. The van der Waals surface area contributed by atoms with Crippen LogP contribution in [0.2, 0.25) is 0 Å². The molecule has 4 nitrogen and oxygen atoms in total. The van der Waals surface area contributed by atoms with Gasteiger partial charge in [-0.05, 0) is 70.4 Å². The fourth-order valence-electron chi connectivity index (χ4n) is 3.07. The highest BCUT2D eigenvalue weighted by molar-refractivity contribution is 9.10. The average molecular weight is 431 g/mol. The molecule has 1 aliphatic carbocycles. The molecule has 6 heteroatoms. The summed E-state index contributed by atoms with van der Waals surface area (Å²) < 4.78 is 6.03. The lowest BCUT2D eigenvalue weighted by molar-refractivity contribution is -0.111. The summed E-state index contributed by atoms with van der Waals surface area (Å²) in [7, 11) is 1.61. The first-order valence-electron chi connectivity index (χ1n) is 8.39. The minimum Gasteiger partial charge on any atom is -0.496 e. The predicted octanol–water partition coefficient (Wildman–Crippen LogP) is 5.17. The minimum atomic E-state index is -0.236. The molecule has 0 saturated carbocycles. The van der Waals surface area contributed by atoms with Crippen LogP contribution in [0.3, 0.4) is 0 Å². The van der Waals surface area contributed by atoms with Crippen molar-refractivity contribution in [2.45, 2.75) is 26.2 Å². The van der Waals surface area contributed by atoms with Crippen molar-refractivity contribution in [3.8, 4) is 11.8 Å². The molecule has 1 atom stereocenters. The van der Waals surface area contributed by atoms with Gasteiger partial charge in [0, 0.05) is 11.0 Å². The number of thiophene rings is 1. The number of halogens is 1. The number of hydrogen-bond donors (Lipinski definition) is 1. The van der Waals surface area contributed by atoms with Crippen molar-refractivity contribution in [1.82, 2.24) is 0 Å². The Balaban J connectivity index is 1.74. The van der Waals surface area contributed by atoms with E-state index in [1.54, 1.807) is 13.2 Å². The molecule has 0 radical (unpaired) electrons. The monoisotopic (exact) mass is 430 g/mol. The number of nitrogens with zero attached hydrogens (tertiary/aromatic N) is 1. The fraction of sp³-hybridized carbons (Fsp3) is 0.300. The van der Waals surface area contributed by atoms with Crippen molar-refractivity contribution < 1.29 is 9.53 Å². The van der Waals surface area contributed by atoms with Crippen molar-refractivity contribution in [3.63, 3.8) is 0 Å². The number of hydrogen-bond acceptors (Lipinski definition) is 4. The Labute approximate surface area is 165 Å². The highest BCUT2D eigenvalue weighted by Crippen LogP contribution is 2.39. The molecule has 0 fully saturated rings. The van der Waals surface area contributed by atoms with Crippen molar-refractivity contribution in [2.24, 2.45) is 5.92 Å². The molecular formula is C20H19BrN2O2S. The zero-order valence-electron chi connectivity index (χ0n) is 14.6. The van der Waals surface area contributed by atoms with E-state index >= 15 is 0 Å². The van der Waals surface area contributed by atoms with E-state index in [1.165, 1.54) is 22.3 Å². The van der Waals surface area contributed by atoms with Gasteiger partial charge < -0.3 is 10.1 Å². The van der Waals surface area contributed by atoms with Crippen LogP contribution in [0.15, 0.2) is 28.7 Å². The van der Waals surface area contributed by atoms with Crippen LogP contribution in [0, 0.1) is 17.2 Å². The van der Waals surface area contributed by atoms with E-state index < -0.39 is 0 Å². The van der Waals surface area contributed by atoms with Crippen LogP contribution in [-0.4, -0.2) is 13.0 Å². The molecule has 134 valence electrons. The van der Waals surface area contributed by atoms with Gasteiger partial charge in [-0.25, -0.2) is 0 Å². The second-order valence-corrected chi connectivity index (χ2v) is 8.34. The molecule has 1 amide bonds. The Morgan fingerprint density at radius 3 is 3.00 bits per heavy atom. The van der Waals surface area contributed by atoms with Gasteiger partial charge in [0.1, 0.15) is 16.8 Å². The maximum absolute atomic E-state index is 12.3. The molecular weight excluding hydrogens is 412 g/mol.